The molecule has 0 aliphatic carbocycles. The fourth-order valence-corrected chi connectivity index (χ4v) is 3.08. The summed E-state index contributed by atoms with van der Waals surface area (Å²) >= 11 is 6.19. The normalized spacial score (nSPS) is 18.3. The lowest BCUT2D eigenvalue weighted by molar-refractivity contribution is 0.110. The van der Waals surface area contributed by atoms with Crippen LogP contribution in [0, 0.1) is 5.92 Å². The van der Waals surface area contributed by atoms with E-state index in [1.54, 1.807) is 0 Å². The van der Waals surface area contributed by atoms with Crippen molar-refractivity contribution in [1.29, 1.82) is 0 Å². The molecule has 1 unspecified atom stereocenters. The largest absolute Gasteiger partial charge is 0.393 e. The number of halogens is 1. The van der Waals surface area contributed by atoms with Crippen molar-refractivity contribution >= 4 is 17.3 Å². The summed E-state index contributed by atoms with van der Waals surface area (Å²) in [5.74, 6) is 0.428. The number of rotatable bonds is 5. The zero-order valence-corrected chi connectivity index (χ0v) is 14.0. The Labute approximate surface area is 133 Å². The number of hydrogen-bond donors (Lipinski definition) is 2. The maximum Gasteiger partial charge on any atom is 0.0541 e. The van der Waals surface area contributed by atoms with Crippen LogP contribution >= 0.6 is 11.6 Å². The van der Waals surface area contributed by atoms with Crippen molar-refractivity contribution in [3.8, 4) is 0 Å². The Hall–Kier alpha value is -0.770. The van der Waals surface area contributed by atoms with Gasteiger partial charge in [-0.3, -0.25) is 0 Å². The molecule has 118 valence electrons. The van der Waals surface area contributed by atoms with Gasteiger partial charge in [-0.15, -0.1) is 0 Å². The maximum absolute atomic E-state index is 9.73. The lowest BCUT2D eigenvalue weighted by Gasteiger charge is -2.36. The van der Waals surface area contributed by atoms with E-state index in [4.69, 9.17) is 11.6 Å². The Bertz CT molecular complexity index is 454. The lowest BCUT2D eigenvalue weighted by atomic mass is 9.91. The molecule has 21 heavy (non-hydrogen) atoms. The van der Waals surface area contributed by atoms with Crippen molar-refractivity contribution in [3.63, 3.8) is 0 Å². The van der Waals surface area contributed by atoms with Crippen LogP contribution in [0.15, 0.2) is 18.2 Å². The second-order valence-electron chi connectivity index (χ2n) is 6.37. The van der Waals surface area contributed by atoms with Gasteiger partial charge in [0.1, 0.15) is 0 Å². The molecular weight excluding hydrogens is 284 g/mol. The number of hydrogen-bond acceptors (Lipinski definition) is 3. The van der Waals surface area contributed by atoms with Crippen LogP contribution in [0.3, 0.4) is 0 Å². The molecule has 1 heterocycles. The van der Waals surface area contributed by atoms with Gasteiger partial charge in [-0.25, -0.2) is 0 Å². The molecule has 2 rings (SSSR count). The first-order valence-corrected chi connectivity index (χ1v) is 8.30. The van der Waals surface area contributed by atoms with Gasteiger partial charge in [-0.2, -0.15) is 0 Å². The number of anilines is 1. The van der Waals surface area contributed by atoms with E-state index in [9.17, 15) is 5.11 Å². The van der Waals surface area contributed by atoms with E-state index in [-0.39, 0.29) is 6.10 Å². The minimum atomic E-state index is -0.200. The highest BCUT2D eigenvalue weighted by Crippen LogP contribution is 2.30. The molecule has 1 aromatic carbocycles. The summed E-state index contributed by atoms with van der Waals surface area (Å²) in [7, 11) is 0. The molecule has 0 radical (unpaired) electrons. The monoisotopic (exact) mass is 310 g/mol. The SMILES string of the molecule is CC(C)NCc1ccc(Cl)cc1N1CCC(C(C)O)CC1. The van der Waals surface area contributed by atoms with Crippen LogP contribution in [0.2, 0.25) is 5.02 Å². The highest BCUT2D eigenvalue weighted by atomic mass is 35.5. The van der Waals surface area contributed by atoms with Gasteiger partial charge >= 0.3 is 0 Å². The zero-order valence-electron chi connectivity index (χ0n) is 13.3. The van der Waals surface area contributed by atoms with E-state index in [1.807, 2.05) is 13.0 Å². The van der Waals surface area contributed by atoms with E-state index in [2.05, 4.69) is 36.2 Å². The summed E-state index contributed by atoms with van der Waals surface area (Å²) in [6, 6.07) is 6.62. The van der Waals surface area contributed by atoms with Gasteiger partial charge in [-0.05, 0) is 43.4 Å². The van der Waals surface area contributed by atoms with Crippen molar-refractivity contribution in [2.75, 3.05) is 18.0 Å². The van der Waals surface area contributed by atoms with E-state index in [0.717, 1.165) is 37.5 Å². The smallest absolute Gasteiger partial charge is 0.0541 e. The molecule has 4 heteroatoms. The molecule has 0 bridgehead atoms. The Morgan fingerprint density at radius 2 is 1.95 bits per heavy atom. The van der Waals surface area contributed by atoms with E-state index < -0.39 is 0 Å². The van der Waals surface area contributed by atoms with Crippen LogP contribution in [-0.2, 0) is 6.54 Å². The molecule has 1 saturated heterocycles. The summed E-state index contributed by atoms with van der Waals surface area (Å²) in [6.07, 6.45) is 1.89. The fourth-order valence-electron chi connectivity index (χ4n) is 2.92. The lowest BCUT2D eigenvalue weighted by Crippen LogP contribution is -2.37. The Balaban J connectivity index is 2.09. The van der Waals surface area contributed by atoms with Crippen molar-refractivity contribution in [2.24, 2.45) is 5.92 Å². The molecule has 3 nitrogen and oxygen atoms in total. The molecule has 0 spiro atoms. The van der Waals surface area contributed by atoms with Crippen molar-refractivity contribution < 1.29 is 5.11 Å². The molecule has 1 aliphatic heterocycles. The second-order valence-corrected chi connectivity index (χ2v) is 6.81. The Morgan fingerprint density at radius 1 is 1.29 bits per heavy atom. The molecular formula is C17H27ClN2O. The molecule has 1 fully saturated rings. The van der Waals surface area contributed by atoms with Gasteiger partial charge in [0.2, 0.25) is 0 Å². The van der Waals surface area contributed by atoms with E-state index in [0.29, 0.717) is 12.0 Å². The number of aliphatic hydroxyl groups is 1. The minimum absolute atomic E-state index is 0.200. The predicted octanol–water partition coefficient (Wildman–Crippen LogP) is 3.44. The molecule has 0 aromatic heterocycles. The number of piperidine rings is 1. The first-order valence-electron chi connectivity index (χ1n) is 7.92. The number of nitrogens with one attached hydrogen (secondary N) is 1. The molecule has 1 aromatic rings. The van der Waals surface area contributed by atoms with Crippen molar-refractivity contribution in [1.82, 2.24) is 5.32 Å². The van der Waals surface area contributed by atoms with Gasteiger partial charge in [0.25, 0.3) is 0 Å². The van der Waals surface area contributed by atoms with E-state index in [1.165, 1.54) is 11.3 Å². The Morgan fingerprint density at radius 3 is 2.52 bits per heavy atom. The summed E-state index contributed by atoms with van der Waals surface area (Å²) in [5, 5.41) is 14.0. The standard InChI is InChI=1S/C17H27ClN2O/c1-12(2)19-11-15-4-5-16(18)10-17(15)20-8-6-14(7-9-20)13(3)21/h4-5,10,12-14,19,21H,6-9,11H2,1-3H3. The second kappa shape index (κ2) is 7.48. The van der Waals surface area contributed by atoms with Crippen LogP contribution in [0.25, 0.3) is 0 Å². The first kappa shape index (κ1) is 16.6. The van der Waals surface area contributed by atoms with Crippen molar-refractivity contribution in [2.45, 2.75) is 52.3 Å². The minimum Gasteiger partial charge on any atom is -0.393 e. The predicted molar refractivity (Wildman–Crippen MR) is 90.0 cm³/mol. The number of nitrogens with zero attached hydrogens (tertiary/aromatic N) is 1. The molecule has 1 atom stereocenters. The zero-order chi connectivity index (χ0) is 15.4. The third kappa shape index (κ3) is 4.60. The quantitative estimate of drug-likeness (QED) is 0.874. The Kier molecular flexibility index (Phi) is 5.91. The van der Waals surface area contributed by atoms with Gasteiger partial charge in [0.15, 0.2) is 0 Å². The van der Waals surface area contributed by atoms with Crippen molar-refractivity contribution in [3.05, 3.63) is 28.8 Å². The fraction of sp³-hybridized carbons (Fsp3) is 0.647. The molecule has 0 amide bonds. The van der Waals surface area contributed by atoms with Gasteiger partial charge in [0, 0.05) is 36.4 Å². The molecule has 1 aliphatic rings. The summed E-state index contributed by atoms with van der Waals surface area (Å²) in [5.41, 5.74) is 2.53. The number of benzene rings is 1. The maximum atomic E-state index is 9.73. The van der Waals surface area contributed by atoms with Crippen LogP contribution in [-0.4, -0.2) is 30.3 Å². The van der Waals surface area contributed by atoms with Crippen LogP contribution in [0.4, 0.5) is 5.69 Å². The summed E-state index contributed by atoms with van der Waals surface area (Å²) in [6.45, 7) is 9.06. The van der Waals surface area contributed by atoms with Crippen LogP contribution < -0.4 is 10.2 Å². The summed E-state index contributed by atoms with van der Waals surface area (Å²) in [4.78, 5) is 2.40. The average molecular weight is 311 g/mol. The van der Waals surface area contributed by atoms with Crippen LogP contribution in [0.1, 0.15) is 39.2 Å². The number of aliphatic hydroxyl groups excluding tert-OH is 1. The third-order valence-corrected chi connectivity index (χ3v) is 4.55. The third-order valence-electron chi connectivity index (χ3n) is 4.31. The average Bonchev–Trinajstić information content (AvgIpc) is 2.46. The first-order chi connectivity index (χ1) is 9.97. The van der Waals surface area contributed by atoms with Gasteiger partial charge < -0.3 is 15.3 Å². The highest BCUT2D eigenvalue weighted by Gasteiger charge is 2.24. The summed E-state index contributed by atoms with van der Waals surface area (Å²) < 4.78 is 0. The van der Waals surface area contributed by atoms with E-state index >= 15 is 0 Å². The van der Waals surface area contributed by atoms with Gasteiger partial charge in [-0.1, -0.05) is 31.5 Å². The van der Waals surface area contributed by atoms with Crippen LogP contribution in [0.5, 0.6) is 0 Å². The highest BCUT2D eigenvalue weighted by molar-refractivity contribution is 6.30. The molecule has 2 N–H and O–H groups in total. The molecule has 0 saturated carbocycles. The topological polar surface area (TPSA) is 35.5 Å². The van der Waals surface area contributed by atoms with Gasteiger partial charge in [0.05, 0.1) is 6.10 Å².